The number of likely N-dealkylation sites (tertiary alicyclic amines) is 1. The number of hydrogen-bond acceptors (Lipinski definition) is 5. The lowest BCUT2D eigenvalue weighted by atomic mass is 10.2. The number of aliphatic hydroxyl groups excluding tert-OH is 1. The Labute approximate surface area is 104 Å². The summed E-state index contributed by atoms with van der Waals surface area (Å²) >= 11 is 0. The molecular weight excluding hydrogens is 238 g/mol. The van der Waals surface area contributed by atoms with E-state index in [0.29, 0.717) is 5.69 Å². The second-order valence-electron chi connectivity index (χ2n) is 4.23. The summed E-state index contributed by atoms with van der Waals surface area (Å²) in [6.45, 7) is 0.159. The molecule has 1 saturated heterocycles. The van der Waals surface area contributed by atoms with Gasteiger partial charge in [-0.1, -0.05) is 0 Å². The molecular formula is C11H15N3O4. The Morgan fingerprint density at radius 1 is 1.67 bits per heavy atom. The van der Waals surface area contributed by atoms with Gasteiger partial charge in [0.1, 0.15) is 6.04 Å². The number of carbonyl (C=O) groups excluding carboxylic acids is 2. The van der Waals surface area contributed by atoms with Crippen LogP contribution in [0.4, 0.5) is 0 Å². The summed E-state index contributed by atoms with van der Waals surface area (Å²) in [7, 11) is 1.27. The fourth-order valence-electron chi connectivity index (χ4n) is 2.10. The van der Waals surface area contributed by atoms with Crippen LogP contribution in [0.25, 0.3) is 0 Å². The van der Waals surface area contributed by atoms with Gasteiger partial charge in [0.2, 0.25) is 5.91 Å². The normalized spacial score (nSPS) is 23.1. The Morgan fingerprint density at radius 3 is 3.06 bits per heavy atom. The summed E-state index contributed by atoms with van der Waals surface area (Å²) in [4.78, 5) is 24.9. The van der Waals surface area contributed by atoms with Gasteiger partial charge in [-0.25, -0.2) is 4.79 Å². The molecule has 0 saturated carbocycles. The van der Waals surface area contributed by atoms with Crippen LogP contribution in [0.15, 0.2) is 12.3 Å². The standard InChI is InChI=1S/C11H15N3O4/c1-18-11(17)9-5-8(15)6-14(9)10(16)4-7-2-3-12-13-7/h2-3,8-9,15H,4-6H2,1H3,(H,12,13). The van der Waals surface area contributed by atoms with Gasteiger partial charge in [0.15, 0.2) is 0 Å². The molecule has 1 fully saturated rings. The summed E-state index contributed by atoms with van der Waals surface area (Å²) in [5.41, 5.74) is 0.671. The number of H-pyrrole nitrogens is 1. The molecule has 0 radical (unpaired) electrons. The molecule has 2 atom stereocenters. The van der Waals surface area contributed by atoms with E-state index < -0.39 is 18.1 Å². The monoisotopic (exact) mass is 253 g/mol. The first-order valence-corrected chi connectivity index (χ1v) is 5.65. The van der Waals surface area contributed by atoms with Gasteiger partial charge >= 0.3 is 5.97 Å². The molecule has 2 unspecified atom stereocenters. The fraction of sp³-hybridized carbons (Fsp3) is 0.545. The molecule has 1 aliphatic heterocycles. The van der Waals surface area contributed by atoms with E-state index >= 15 is 0 Å². The summed E-state index contributed by atoms with van der Waals surface area (Å²) in [6.07, 6.45) is 1.22. The maximum atomic E-state index is 12.0. The molecule has 1 amide bonds. The van der Waals surface area contributed by atoms with Gasteiger partial charge in [-0.15, -0.1) is 0 Å². The van der Waals surface area contributed by atoms with E-state index in [9.17, 15) is 14.7 Å². The average Bonchev–Trinajstić information content (AvgIpc) is 2.97. The van der Waals surface area contributed by atoms with Gasteiger partial charge in [-0.3, -0.25) is 9.89 Å². The maximum Gasteiger partial charge on any atom is 0.328 e. The van der Waals surface area contributed by atoms with E-state index in [0.717, 1.165) is 0 Å². The summed E-state index contributed by atoms with van der Waals surface area (Å²) in [5, 5.41) is 16.0. The Balaban J connectivity index is 2.05. The SMILES string of the molecule is COC(=O)C1CC(O)CN1C(=O)Cc1ccn[nH]1. The van der Waals surface area contributed by atoms with Crippen molar-refractivity contribution in [2.45, 2.75) is 25.0 Å². The smallest absolute Gasteiger partial charge is 0.328 e. The number of aliphatic hydroxyl groups is 1. The maximum absolute atomic E-state index is 12.0. The second-order valence-corrected chi connectivity index (χ2v) is 4.23. The molecule has 2 N–H and O–H groups in total. The van der Waals surface area contributed by atoms with E-state index in [4.69, 9.17) is 0 Å². The quantitative estimate of drug-likeness (QED) is 0.680. The summed E-state index contributed by atoms with van der Waals surface area (Å²) in [5.74, 6) is -0.726. The van der Waals surface area contributed by atoms with Crippen LogP contribution in [-0.2, 0) is 20.7 Å². The Morgan fingerprint density at radius 2 is 2.44 bits per heavy atom. The minimum Gasteiger partial charge on any atom is -0.467 e. The van der Waals surface area contributed by atoms with Crippen molar-refractivity contribution in [1.29, 1.82) is 0 Å². The fourth-order valence-corrected chi connectivity index (χ4v) is 2.10. The zero-order valence-electron chi connectivity index (χ0n) is 10.00. The van der Waals surface area contributed by atoms with E-state index in [-0.39, 0.29) is 25.3 Å². The molecule has 1 aromatic rings. The van der Waals surface area contributed by atoms with Crippen molar-refractivity contribution in [3.8, 4) is 0 Å². The van der Waals surface area contributed by atoms with Crippen LogP contribution in [0.1, 0.15) is 12.1 Å². The molecule has 0 spiro atoms. The Hall–Kier alpha value is -1.89. The number of carbonyl (C=O) groups is 2. The van der Waals surface area contributed by atoms with Gasteiger partial charge in [0.25, 0.3) is 0 Å². The lowest BCUT2D eigenvalue weighted by Crippen LogP contribution is -2.42. The number of aromatic nitrogens is 2. The van der Waals surface area contributed by atoms with Crippen LogP contribution < -0.4 is 0 Å². The molecule has 1 aliphatic rings. The number of nitrogens with one attached hydrogen (secondary N) is 1. The van der Waals surface area contributed by atoms with Gasteiger partial charge in [0, 0.05) is 24.9 Å². The van der Waals surface area contributed by atoms with Crippen LogP contribution in [0, 0.1) is 0 Å². The van der Waals surface area contributed by atoms with Crippen molar-refractivity contribution in [2.24, 2.45) is 0 Å². The van der Waals surface area contributed by atoms with Gasteiger partial charge in [0.05, 0.1) is 19.6 Å². The Bertz CT molecular complexity index is 432. The minimum absolute atomic E-state index is 0.125. The van der Waals surface area contributed by atoms with Crippen LogP contribution in [0.3, 0.4) is 0 Å². The third kappa shape index (κ3) is 2.51. The minimum atomic E-state index is -0.694. The highest BCUT2D eigenvalue weighted by molar-refractivity contribution is 5.86. The van der Waals surface area contributed by atoms with Crippen LogP contribution in [0.5, 0.6) is 0 Å². The highest BCUT2D eigenvalue weighted by Crippen LogP contribution is 2.20. The first kappa shape index (κ1) is 12.6. The van der Waals surface area contributed by atoms with Crippen molar-refractivity contribution in [3.05, 3.63) is 18.0 Å². The van der Waals surface area contributed by atoms with E-state index in [1.54, 1.807) is 12.3 Å². The van der Waals surface area contributed by atoms with Crippen LogP contribution >= 0.6 is 0 Å². The van der Waals surface area contributed by atoms with Crippen molar-refractivity contribution in [1.82, 2.24) is 15.1 Å². The van der Waals surface area contributed by atoms with E-state index in [2.05, 4.69) is 14.9 Å². The Kier molecular flexibility index (Phi) is 3.61. The molecule has 2 heterocycles. The largest absolute Gasteiger partial charge is 0.467 e. The van der Waals surface area contributed by atoms with Crippen LogP contribution in [-0.4, -0.2) is 57.9 Å². The molecule has 98 valence electrons. The predicted molar refractivity (Wildman–Crippen MR) is 60.4 cm³/mol. The molecule has 18 heavy (non-hydrogen) atoms. The number of methoxy groups -OCH3 is 1. The zero-order chi connectivity index (χ0) is 13.1. The molecule has 2 rings (SSSR count). The van der Waals surface area contributed by atoms with Gasteiger partial charge in [-0.05, 0) is 6.07 Å². The predicted octanol–water partition coefficient (Wildman–Crippen LogP) is -0.913. The highest BCUT2D eigenvalue weighted by Gasteiger charge is 2.39. The summed E-state index contributed by atoms with van der Waals surface area (Å²) < 4.78 is 4.63. The topological polar surface area (TPSA) is 95.5 Å². The molecule has 0 aromatic carbocycles. The number of aromatic amines is 1. The average molecular weight is 253 g/mol. The lowest BCUT2D eigenvalue weighted by molar-refractivity contribution is -0.150. The highest BCUT2D eigenvalue weighted by atomic mass is 16.5. The number of esters is 1. The number of amides is 1. The van der Waals surface area contributed by atoms with Gasteiger partial charge < -0.3 is 14.7 Å². The number of hydrogen-bond donors (Lipinski definition) is 2. The lowest BCUT2D eigenvalue weighted by Gasteiger charge is -2.21. The third-order valence-corrected chi connectivity index (χ3v) is 2.97. The van der Waals surface area contributed by atoms with Crippen LogP contribution in [0.2, 0.25) is 0 Å². The molecule has 1 aromatic heterocycles. The van der Waals surface area contributed by atoms with Crippen molar-refractivity contribution in [2.75, 3.05) is 13.7 Å². The number of ether oxygens (including phenoxy) is 1. The molecule has 0 aliphatic carbocycles. The van der Waals surface area contributed by atoms with E-state index in [1.165, 1.54) is 12.0 Å². The zero-order valence-corrected chi connectivity index (χ0v) is 10.00. The van der Waals surface area contributed by atoms with Crippen molar-refractivity contribution < 1.29 is 19.4 Å². The first-order chi connectivity index (χ1) is 8.61. The summed E-state index contributed by atoms with van der Waals surface area (Å²) in [6, 6.07) is 0.998. The molecule has 0 bridgehead atoms. The first-order valence-electron chi connectivity index (χ1n) is 5.65. The third-order valence-electron chi connectivity index (χ3n) is 2.97. The molecule has 7 heteroatoms. The van der Waals surface area contributed by atoms with Crippen molar-refractivity contribution in [3.63, 3.8) is 0 Å². The number of rotatable bonds is 3. The number of β-amino-alcohol motifs (C(OH)–C–C–N with tert-alkyl or cyclic N) is 1. The number of nitrogens with zero attached hydrogens (tertiary/aromatic N) is 2. The molecule has 7 nitrogen and oxygen atoms in total. The van der Waals surface area contributed by atoms with E-state index in [1.807, 2.05) is 0 Å². The van der Waals surface area contributed by atoms with Crippen molar-refractivity contribution >= 4 is 11.9 Å². The van der Waals surface area contributed by atoms with Gasteiger partial charge in [-0.2, -0.15) is 5.10 Å². The second kappa shape index (κ2) is 5.18.